The predicted octanol–water partition coefficient (Wildman–Crippen LogP) is 3.96. The summed E-state index contributed by atoms with van der Waals surface area (Å²) in [6.45, 7) is 1.88. The second-order valence-electron chi connectivity index (χ2n) is 4.80. The normalized spacial score (nSPS) is 11.5. The molecular weight excluding hydrogens is 322 g/mol. The molecule has 0 bridgehead atoms. The van der Waals surface area contributed by atoms with Crippen LogP contribution in [0.3, 0.4) is 0 Å². The van der Waals surface area contributed by atoms with E-state index in [0.717, 1.165) is 5.56 Å². The molecule has 0 N–H and O–H groups in total. The van der Waals surface area contributed by atoms with Crippen LogP contribution in [0.1, 0.15) is 5.56 Å². The Morgan fingerprint density at radius 3 is 2.50 bits per heavy atom. The lowest BCUT2D eigenvalue weighted by Crippen LogP contribution is -2.10. The van der Waals surface area contributed by atoms with Crippen LogP contribution < -0.4 is 4.18 Å². The van der Waals surface area contributed by atoms with Crippen LogP contribution in [0.4, 0.5) is 0 Å². The van der Waals surface area contributed by atoms with Crippen molar-refractivity contribution in [3.8, 4) is 5.75 Å². The summed E-state index contributed by atoms with van der Waals surface area (Å²) in [5, 5.41) is 1.13. The molecule has 3 aromatic rings. The number of aromatic nitrogens is 1. The van der Waals surface area contributed by atoms with Gasteiger partial charge in [-0.1, -0.05) is 41.4 Å². The quantitative estimate of drug-likeness (QED) is 0.681. The van der Waals surface area contributed by atoms with Crippen LogP contribution in [0.15, 0.2) is 59.6 Å². The number of benzene rings is 2. The van der Waals surface area contributed by atoms with Crippen LogP contribution in [0.5, 0.6) is 5.75 Å². The van der Waals surface area contributed by atoms with Crippen molar-refractivity contribution in [3.05, 3.63) is 65.3 Å². The predicted molar refractivity (Wildman–Crippen MR) is 85.7 cm³/mol. The molecule has 1 heterocycles. The Balaban J connectivity index is 2.06. The lowest BCUT2D eigenvalue weighted by molar-refractivity contribution is 0.488. The lowest BCUT2D eigenvalue weighted by atomic mass is 10.2. The first-order valence-electron chi connectivity index (χ1n) is 6.52. The minimum absolute atomic E-state index is 0.0946. The zero-order valence-electron chi connectivity index (χ0n) is 11.7. The van der Waals surface area contributed by atoms with Gasteiger partial charge in [0.2, 0.25) is 0 Å². The molecule has 0 aliphatic rings. The summed E-state index contributed by atoms with van der Waals surface area (Å²) in [5.41, 5.74) is 1.38. The second kappa shape index (κ2) is 5.59. The van der Waals surface area contributed by atoms with Gasteiger partial charge in [-0.05, 0) is 31.2 Å². The van der Waals surface area contributed by atoms with E-state index in [2.05, 4.69) is 4.98 Å². The van der Waals surface area contributed by atoms with Gasteiger partial charge in [0, 0.05) is 11.6 Å². The van der Waals surface area contributed by atoms with Crippen molar-refractivity contribution in [1.29, 1.82) is 0 Å². The second-order valence-corrected chi connectivity index (χ2v) is 6.75. The molecule has 0 saturated carbocycles. The largest absolute Gasteiger partial charge is 0.377 e. The van der Waals surface area contributed by atoms with E-state index >= 15 is 0 Å². The Hall–Kier alpha value is -2.11. The first-order chi connectivity index (χ1) is 10.5. The molecule has 3 rings (SSSR count). The molecule has 0 spiro atoms. The third kappa shape index (κ3) is 2.77. The van der Waals surface area contributed by atoms with Gasteiger partial charge >= 0.3 is 10.1 Å². The molecule has 0 amide bonds. The Morgan fingerprint density at radius 1 is 1.05 bits per heavy atom. The van der Waals surface area contributed by atoms with Gasteiger partial charge in [0.15, 0.2) is 5.75 Å². The van der Waals surface area contributed by atoms with Crippen molar-refractivity contribution >= 4 is 32.6 Å². The van der Waals surface area contributed by atoms with Crippen LogP contribution in [0.2, 0.25) is 5.02 Å². The average Bonchev–Trinajstić information content (AvgIpc) is 2.48. The fraction of sp³-hybridized carbons (Fsp3) is 0.0625. The number of nitrogens with zero attached hydrogens (tertiary/aromatic N) is 1. The third-order valence-corrected chi connectivity index (χ3v) is 4.77. The molecule has 4 nitrogen and oxygen atoms in total. The topological polar surface area (TPSA) is 56.3 Å². The van der Waals surface area contributed by atoms with Crippen LogP contribution in [-0.4, -0.2) is 13.4 Å². The van der Waals surface area contributed by atoms with E-state index in [1.807, 2.05) is 6.92 Å². The minimum atomic E-state index is -3.92. The van der Waals surface area contributed by atoms with E-state index in [9.17, 15) is 8.42 Å². The fourth-order valence-electron chi connectivity index (χ4n) is 2.05. The number of para-hydroxylation sites is 1. The van der Waals surface area contributed by atoms with Gasteiger partial charge < -0.3 is 4.18 Å². The van der Waals surface area contributed by atoms with Crippen molar-refractivity contribution < 1.29 is 12.6 Å². The van der Waals surface area contributed by atoms with Gasteiger partial charge in [0.1, 0.15) is 10.4 Å². The van der Waals surface area contributed by atoms with Crippen molar-refractivity contribution in [2.24, 2.45) is 0 Å². The molecule has 0 unspecified atom stereocenters. The summed E-state index contributed by atoms with van der Waals surface area (Å²) in [4.78, 5) is 4.25. The van der Waals surface area contributed by atoms with E-state index in [1.165, 1.54) is 18.3 Å². The summed E-state index contributed by atoms with van der Waals surface area (Å²) in [5.74, 6) is 0.153. The lowest BCUT2D eigenvalue weighted by Gasteiger charge is -2.09. The maximum Gasteiger partial charge on any atom is 0.339 e. The molecular formula is C16H12ClNO3S. The molecule has 0 fully saturated rings. The number of hydrogen-bond acceptors (Lipinski definition) is 4. The summed E-state index contributed by atoms with van der Waals surface area (Å²) in [6.07, 6.45) is 1.51. The highest BCUT2D eigenvalue weighted by Gasteiger charge is 2.18. The maximum atomic E-state index is 12.4. The minimum Gasteiger partial charge on any atom is -0.377 e. The Morgan fingerprint density at radius 2 is 1.77 bits per heavy atom. The summed E-state index contributed by atoms with van der Waals surface area (Å²) < 4.78 is 30.0. The number of fused-ring (bicyclic) bond motifs is 1. The van der Waals surface area contributed by atoms with Crippen LogP contribution in [0, 0.1) is 6.92 Å². The van der Waals surface area contributed by atoms with E-state index in [0.29, 0.717) is 15.9 Å². The van der Waals surface area contributed by atoms with Gasteiger partial charge in [0.25, 0.3) is 0 Å². The van der Waals surface area contributed by atoms with Crippen LogP contribution >= 0.6 is 11.6 Å². The molecule has 0 aliphatic heterocycles. The zero-order valence-corrected chi connectivity index (χ0v) is 13.2. The zero-order chi connectivity index (χ0) is 15.7. The maximum absolute atomic E-state index is 12.4. The van der Waals surface area contributed by atoms with Gasteiger partial charge in [-0.2, -0.15) is 8.42 Å². The Kier molecular flexibility index (Phi) is 3.76. The molecule has 0 aliphatic carbocycles. The van der Waals surface area contributed by atoms with E-state index < -0.39 is 10.1 Å². The molecule has 6 heteroatoms. The number of aryl methyl sites for hydroxylation is 1. The highest BCUT2D eigenvalue weighted by Crippen LogP contribution is 2.30. The molecule has 0 atom stereocenters. The molecule has 112 valence electrons. The van der Waals surface area contributed by atoms with Crippen molar-refractivity contribution in [2.45, 2.75) is 11.8 Å². The van der Waals surface area contributed by atoms with E-state index in [-0.39, 0.29) is 10.6 Å². The van der Waals surface area contributed by atoms with Crippen LogP contribution in [0.25, 0.3) is 10.9 Å². The summed E-state index contributed by atoms with van der Waals surface area (Å²) in [7, 11) is -3.92. The summed E-state index contributed by atoms with van der Waals surface area (Å²) >= 11 is 6.09. The highest BCUT2D eigenvalue weighted by molar-refractivity contribution is 7.87. The van der Waals surface area contributed by atoms with E-state index in [1.54, 1.807) is 36.4 Å². The first kappa shape index (κ1) is 14.8. The van der Waals surface area contributed by atoms with Crippen LogP contribution in [-0.2, 0) is 10.1 Å². The number of pyridine rings is 1. The van der Waals surface area contributed by atoms with Gasteiger partial charge in [-0.3, -0.25) is 4.98 Å². The number of rotatable bonds is 3. The molecule has 0 saturated heterocycles. The van der Waals surface area contributed by atoms with Crippen molar-refractivity contribution in [3.63, 3.8) is 0 Å². The van der Waals surface area contributed by atoms with Gasteiger partial charge in [-0.15, -0.1) is 0 Å². The number of hydrogen-bond donors (Lipinski definition) is 0. The standard InChI is InChI=1S/C16H12ClNO3S/c1-11-5-7-12(8-6-11)22(19,20)21-15-4-2-3-13-14(17)9-10-18-16(13)15/h2-10H,1H3. The van der Waals surface area contributed by atoms with E-state index in [4.69, 9.17) is 15.8 Å². The SMILES string of the molecule is Cc1ccc(S(=O)(=O)Oc2cccc3c(Cl)ccnc23)cc1. The molecule has 0 radical (unpaired) electrons. The first-order valence-corrected chi connectivity index (χ1v) is 8.30. The number of halogens is 1. The van der Waals surface area contributed by atoms with Crippen molar-refractivity contribution in [2.75, 3.05) is 0 Å². The Labute approximate surface area is 133 Å². The monoisotopic (exact) mass is 333 g/mol. The Bertz CT molecular complexity index is 937. The molecule has 2 aromatic carbocycles. The molecule has 1 aromatic heterocycles. The third-order valence-electron chi connectivity index (χ3n) is 3.19. The van der Waals surface area contributed by atoms with Gasteiger partial charge in [0.05, 0.1) is 5.02 Å². The summed E-state index contributed by atoms with van der Waals surface area (Å²) in [6, 6.07) is 13.1. The van der Waals surface area contributed by atoms with Crippen molar-refractivity contribution in [1.82, 2.24) is 4.98 Å². The smallest absolute Gasteiger partial charge is 0.339 e. The highest BCUT2D eigenvalue weighted by atomic mass is 35.5. The fourth-order valence-corrected chi connectivity index (χ4v) is 3.20. The molecule has 22 heavy (non-hydrogen) atoms. The average molecular weight is 334 g/mol. The van der Waals surface area contributed by atoms with Gasteiger partial charge in [-0.25, -0.2) is 0 Å².